The summed E-state index contributed by atoms with van der Waals surface area (Å²) in [4.78, 5) is 33.3. The van der Waals surface area contributed by atoms with Crippen LogP contribution in [0.4, 0.5) is 0 Å². The number of primary amides is 1. The van der Waals surface area contributed by atoms with E-state index in [0.717, 1.165) is 0 Å². The zero-order valence-electron chi connectivity index (χ0n) is 10.0. The molecular formula is C10H14N4O4. The Bertz CT molecular complexity index is 494. The predicted molar refractivity (Wildman–Crippen MR) is 60.6 cm³/mol. The first-order chi connectivity index (χ1) is 8.31. The Kier molecular flexibility index (Phi) is 4.03. The van der Waals surface area contributed by atoms with Crippen molar-refractivity contribution in [3.63, 3.8) is 0 Å². The van der Waals surface area contributed by atoms with Crippen LogP contribution >= 0.6 is 0 Å². The summed E-state index contributed by atoms with van der Waals surface area (Å²) in [6, 6.07) is -1.34. The van der Waals surface area contributed by atoms with E-state index in [1.165, 1.54) is 10.9 Å². The minimum Gasteiger partial charge on any atom is -0.480 e. The lowest BCUT2D eigenvalue weighted by Gasteiger charge is -2.12. The highest BCUT2D eigenvalue weighted by atomic mass is 16.4. The number of hydrogen-bond acceptors (Lipinski definition) is 4. The summed E-state index contributed by atoms with van der Waals surface area (Å²) in [5.74, 6) is -2.72. The van der Waals surface area contributed by atoms with Crippen molar-refractivity contribution in [3.05, 3.63) is 17.5 Å². The van der Waals surface area contributed by atoms with E-state index in [9.17, 15) is 14.4 Å². The van der Waals surface area contributed by atoms with Gasteiger partial charge in [-0.25, -0.2) is 4.79 Å². The third-order valence-electron chi connectivity index (χ3n) is 2.27. The fraction of sp³-hybridized carbons (Fsp3) is 0.400. The number of carbonyl (C=O) groups is 3. The topological polar surface area (TPSA) is 127 Å². The van der Waals surface area contributed by atoms with Crippen LogP contribution in [0.5, 0.6) is 0 Å². The number of nitrogens with two attached hydrogens (primary N) is 1. The Morgan fingerprint density at radius 2 is 2.17 bits per heavy atom. The number of carboxylic acids is 1. The third-order valence-corrected chi connectivity index (χ3v) is 2.27. The molecule has 1 aromatic heterocycles. The van der Waals surface area contributed by atoms with Crippen LogP contribution in [-0.2, 0) is 16.6 Å². The molecule has 0 saturated heterocycles. The van der Waals surface area contributed by atoms with Crippen molar-refractivity contribution in [3.8, 4) is 0 Å². The average molecular weight is 254 g/mol. The van der Waals surface area contributed by atoms with Crippen LogP contribution in [0.2, 0.25) is 0 Å². The van der Waals surface area contributed by atoms with E-state index in [1.807, 2.05) is 0 Å². The van der Waals surface area contributed by atoms with Gasteiger partial charge in [0.05, 0.1) is 17.7 Å². The van der Waals surface area contributed by atoms with Gasteiger partial charge in [-0.15, -0.1) is 0 Å². The molecule has 0 aliphatic carbocycles. The Hall–Kier alpha value is -2.38. The monoisotopic (exact) mass is 254 g/mol. The number of carboxylic acid groups (broad SMARTS) is 1. The van der Waals surface area contributed by atoms with Gasteiger partial charge >= 0.3 is 5.97 Å². The zero-order valence-corrected chi connectivity index (χ0v) is 10.0. The number of nitrogens with one attached hydrogen (secondary N) is 1. The van der Waals surface area contributed by atoms with Gasteiger partial charge in [0.15, 0.2) is 0 Å². The second kappa shape index (κ2) is 5.30. The summed E-state index contributed by atoms with van der Waals surface area (Å²) >= 11 is 0. The van der Waals surface area contributed by atoms with Crippen molar-refractivity contribution >= 4 is 17.8 Å². The Morgan fingerprint density at radius 1 is 1.56 bits per heavy atom. The Labute approximate surface area is 103 Å². The van der Waals surface area contributed by atoms with E-state index in [1.54, 1.807) is 14.0 Å². The van der Waals surface area contributed by atoms with Gasteiger partial charge in [-0.1, -0.05) is 0 Å². The number of aliphatic carboxylic acids is 1. The number of carbonyl (C=O) groups excluding carboxylic acids is 2. The van der Waals surface area contributed by atoms with Gasteiger partial charge in [0, 0.05) is 13.2 Å². The molecule has 2 amide bonds. The van der Waals surface area contributed by atoms with Crippen molar-refractivity contribution in [1.82, 2.24) is 15.1 Å². The van der Waals surface area contributed by atoms with Gasteiger partial charge in [0.2, 0.25) is 5.91 Å². The van der Waals surface area contributed by atoms with Crippen molar-refractivity contribution in [2.24, 2.45) is 12.8 Å². The molecule has 0 saturated carbocycles. The summed E-state index contributed by atoms with van der Waals surface area (Å²) in [5.41, 5.74) is 5.64. The average Bonchev–Trinajstić information content (AvgIpc) is 2.56. The van der Waals surface area contributed by atoms with Gasteiger partial charge in [-0.2, -0.15) is 5.10 Å². The summed E-state index contributed by atoms with van der Waals surface area (Å²) in [6.45, 7) is 1.62. The molecule has 1 heterocycles. The van der Waals surface area contributed by atoms with E-state index in [2.05, 4.69) is 10.4 Å². The minimum atomic E-state index is -1.34. The summed E-state index contributed by atoms with van der Waals surface area (Å²) in [5, 5.41) is 15.0. The second-order valence-corrected chi connectivity index (χ2v) is 3.84. The number of amides is 2. The van der Waals surface area contributed by atoms with Gasteiger partial charge in [0.1, 0.15) is 6.04 Å². The molecule has 1 aromatic rings. The molecule has 0 spiro atoms. The van der Waals surface area contributed by atoms with Gasteiger partial charge in [-0.3, -0.25) is 14.3 Å². The molecule has 1 rings (SSSR count). The van der Waals surface area contributed by atoms with Crippen LogP contribution in [0, 0.1) is 6.92 Å². The third kappa shape index (κ3) is 3.30. The highest BCUT2D eigenvalue weighted by molar-refractivity contribution is 5.98. The van der Waals surface area contributed by atoms with E-state index in [0.29, 0.717) is 5.69 Å². The molecule has 0 bridgehead atoms. The quantitative estimate of drug-likeness (QED) is 0.607. The molecule has 0 fully saturated rings. The predicted octanol–water partition coefficient (Wildman–Crippen LogP) is -1.21. The minimum absolute atomic E-state index is 0.258. The van der Waals surface area contributed by atoms with Gasteiger partial charge in [-0.05, 0) is 6.92 Å². The molecule has 4 N–H and O–H groups in total. The Balaban J connectivity index is 2.81. The first-order valence-corrected chi connectivity index (χ1v) is 5.13. The van der Waals surface area contributed by atoms with E-state index in [4.69, 9.17) is 10.8 Å². The molecule has 8 heteroatoms. The van der Waals surface area contributed by atoms with Crippen LogP contribution in [0.1, 0.15) is 22.5 Å². The standard InChI is InChI=1S/C10H14N4O4/c1-5-6(4-14(2)13-5)9(16)12-7(10(17)18)3-8(11)15/h4,7H,3H2,1-2H3,(H2,11,15)(H,12,16)(H,17,18)/t7-/m0/s1. The summed E-state index contributed by atoms with van der Waals surface area (Å²) in [7, 11) is 1.64. The Morgan fingerprint density at radius 3 is 2.56 bits per heavy atom. The largest absolute Gasteiger partial charge is 0.480 e. The number of hydrogen-bond donors (Lipinski definition) is 3. The first kappa shape index (κ1) is 13.7. The summed E-state index contributed by atoms with van der Waals surface area (Å²) in [6.07, 6.45) is 1.01. The SMILES string of the molecule is Cc1nn(C)cc1C(=O)N[C@@H](CC(N)=O)C(=O)O. The van der Waals surface area contributed by atoms with Crippen molar-refractivity contribution < 1.29 is 19.5 Å². The van der Waals surface area contributed by atoms with Crippen LogP contribution in [0.3, 0.4) is 0 Å². The van der Waals surface area contributed by atoms with Crippen molar-refractivity contribution in [1.29, 1.82) is 0 Å². The molecule has 98 valence electrons. The highest BCUT2D eigenvalue weighted by Crippen LogP contribution is 2.05. The molecular weight excluding hydrogens is 240 g/mol. The molecule has 0 aliphatic rings. The van der Waals surface area contributed by atoms with Gasteiger partial charge < -0.3 is 16.2 Å². The molecule has 0 aromatic carbocycles. The van der Waals surface area contributed by atoms with Crippen molar-refractivity contribution in [2.45, 2.75) is 19.4 Å². The number of nitrogens with zero attached hydrogens (tertiary/aromatic N) is 2. The van der Waals surface area contributed by atoms with E-state index in [-0.39, 0.29) is 5.56 Å². The molecule has 0 aliphatic heterocycles. The van der Waals surface area contributed by atoms with Gasteiger partial charge in [0.25, 0.3) is 5.91 Å². The van der Waals surface area contributed by atoms with E-state index < -0.39 is 30.2 Å². The van der Waals surface area contributed by atoms with Crippen molar-refractivity contribution in [2.75, 3.05) is 0 Å². The summed E-state index contributed by atoms with van der Waals surface area (Å²) < 4.78 is 1.44. The lowest BCUT2D eigenvalue weighted by molar-refractivity contribution is -0.140. The van der Waals surface area contributed by atoms with Crippen LogP contribution in [-0.4, -0.2) is 38.7 Å². The van der Waals surface area contributed by atoms with Crippen LogP contribution in [0.15, 0.2) is 6.20 Å². The smallest absolute Gasteiger partial charge is 0.326 e. The maximum absolute atomic E-state index is 11.8. The lowest BCUT2D eigenvalue weighted by atomic mass is 10.1. The number of rotatable bonds is 5. The fourth-order valence-corrected chi connectivity index (χ4v) is 1.46. The number of aromatic nitrogens is 2. The normalized spacial score (nSPS) is 11.9. The molecule has 8 nitrogen and oxygen atoms in total. The van der Waals surface area contributed by atoms with E-state index >= 15 is 0 Å². The maximum atomic E-state index is 11.8. The number of aryl methyl sites for hydroxylation is 2. The molecule has 0 radical (unpaired) electrons. The zero-order chi connectivity index (χ0) is 13.9. The first-order valence-electron chi connectivity index (χ1n) is 5.13. The molecule has 18 heavy (non-hydrogen) atoms. The molecule has 1 atom stereocenters. The van der Waals surface area contributed by atoms with Crippen LogP contribution < -0.4 is 11.1 Å². The van der Waals surface area contributed by atoms with Crippen LogP contribution in [0.25, 0.3) is 0 Å². The fourth-order valence-electron chi connectivity index (χ4n) is 1.46. The highest BCUT2D eigenvalue weighted by Gasteiger charge is 2.24. The maximum Gasteiger partial charge on any atom is 0.326 e. The second-order valence-electron chi connectivity index (χ2n) is 3.84. The molecule has 0 unspecified atom stereocenters. The lowest BCUT2D eigenvalue weighted by Crippen LogP contribution is -2.43.